The lowest BCUT2D eigenvalue weighted by Crippen LogP contribution is -2.42. The summed E-state index contributed by atoms with van der Waals surface area (Å²) in [7, 11) is 0. The standard InChI is InChI=1S/C19H19Cl2N3O/c1-13-7-9-15(10-8-13)16-11-17(18(20)21)24(23-16)19(25)22-12-14-5-3-2-4-6-14/h2-10,17-18H,11-12H2,1H3,(H,22,25). The van der Waals surface area contributed by atoms with Crippen molar-refractivity contribution in [3.63, 3.8) is 0 Å². The fraction of sp³-hybridized carbons (Fsp3) is 0.263. The van der Waals surface area contributed by atoms with Gasteiger partial charge in [0.15, 0.2) is 0 Å². The van der Waals surface area contributed by atoms with Gasteiger partial charge in [0.2, 0.25) is 0 Å². The molecule has 1 aliphatic heterocycles. The summed E-state index contributed by atoms with van der Waals surface area (Å²) in [5, 5.41) is 8.71. The summed E-state index contributed by atoms with van der Waals surface area (Å²) in [4.78, 5) is 11.8. The van der Waals surface area contributed by atoms with Crippen molar-refractivity contribution in [1.29, 1.82) is 0 Å². The van der Waals surface area contributed by atoms with Gasteiger partial charge in [-0.1, -0.05) is 60.2 Å². The maximum atomic E-state index is 12.6. The molecule has 0 aromatic heterocycles. The van der Waals surface area contributed by atoms with E-state index in [0.29, 0.717) is 13.0 Å². The van der Waals surface area contributed by atoms with Crippen LogP contribution in [0, 0.1) is 6.92 Å². The lowest BCUT2D eigenvalue weighted by molar-refractivity contribution is 0.188. The molecule has 2 aromatic rings. The number of hydrogen-bond donors (Lipinski definition) is 1. The molecule has 2 amide bonds. The number of benzene rings is 2. The quantitative estimate of drug-likeness (QED) is 0.786. The number of nitrogens with one attached hydrogen (secondary N) is 1. The summed E-state index contributed by atoms with van der Waals surface area (Å²) in [5.41, 5.74) is 3.97. The van der Waals surface area contributed by atoms with Crippen LogP contribution in [0.1, 0.15) is 23.1 Å². The molecule has 4 nitrogen and oxygen atoms in total. The van der Waals surface area contributed by atoms with Crippen molar-refractivity contribution < 1.29 is 4.79 Å². The minimum atomic E-state index is -0.714. The van der Waals surface area contributed by atoms with Crippen molar-refractivity contribution in [3.8, 4) is 0 Å². The van der Waals surface area contributed by atoms with Gasteiger partial charge in [-0.25, -0.2) is 9.80 Å². The van der Waals surface area contributed by atoms with Crippen LogP contribution in [0.2, 0.25) is 0 Å². The van der Waals surface area contributed by atoms with Gasteiger partial charge in [-0.15, -0.1) is 23.2 Å². The third-order valence-electron chi connectivity index (χ3n) is 4.12. The van der Waals surface area contributed by atoms with Gasteiger partial charge in [0, 0.05) is 13.0 Å². The number of carbonyl (C=O) groups is 1. The Labute approximate surface area is 157 Å². The van der Waals surface area contributed by atoms with Crippen molar-refractivity contribution in [2.45, 2.75) is 30.8 Å². The number of hydrogen-bond acceptors (Lipinski definition) is 2. The second-order valence-electron chi connectivity index (χ2n) is 6.01. The first kappa shape index (κ1) is 17.8. The molecular weight excluding hydrogens is 357 g/mol. The Balaban J connectivity index is 1.74. The number of aryl methyl sites for hydroxylation is 1. The van der Waals surface area contributed by atoms with E-state index < -0.39 is 4.84 Å². The molecule has 0 bridgehead atoms. The predicted octanol–water partition coefficient (Wildman–Crippen LogP) is 4.49. The van der Waals surface area contributed by atoms with Crippen molar-refractivity contribution in [2.24, 2.45) is 5.10 Å². The molecule has 3 rings (SSSR count). The molecule has 0 fully saturated rings. The van der Waals surface area contributed by atoms with Crippen molar-refractivity contribution in [2.75, 3.05) is 0 Å². The van der Waals surface area contributed by atoms with E-state index in [1.54, 1.807) is 0 Å². The first-order valence-corrected chi connectivity index (χ1v) is 8.95. The Bertz CT molecular complexity index is 760. The fourth-order valence-corrected chi connectivity index (χ4v) is 3.09. The number of amides is 2. The number of halogens is 2. The molecule has 0 saturated heterocycles. The zero-order chi connectivity index (χ0) is 17.8. The topological polar surface area (TPSA) is 44.7 Å². The highest BCUT2D eigenvalue weighted by Gasteiger charge is 2.35. The second kappa shape index (κ2) is 7.89. The molecule has 0 radical (unpaired) electrons. The summed E-state index contributed by atoms with van der Waals surface area (Å²) >= 11 is 12.2. The molecule has 6 heteroatoms. The molecule has 1 heterocycles. The van der Waals surface area contributed by atoms with Crippen LogP contribution in [-0.4, -0.2) is 27.6 Å². The van der Waals surface area contributed by atoms with Crippen molar-refractivity contribution in [3.05, 3.63) is 71.3 Å². The maximum absolute atomic E-state index is 12.6. The smallest absolute Gasteiger partial charge is 0.332 e. The Hall–Kier alpha value is -2.04. The Kier molecular flexibility index (Phi) is 5.61. The van der Waals surface area contributed by atoms with Crippen LogP contribution in [0.4, 0.5) is 4.79 Å². The molecule has 1 aliphatic rings. The highest BCUT2D eigenvalue weighted by Crippen LogP contribution is 2.27. The van der Waals surface area contributed by atoms with Gasteiger partial charge < -0.3 is 5.32 Å². The van der Waals surface area contributed by atoms with Gasteiger partial charge in [0.25, 0.3) is 0 Å². The van der Waals surface area contributed by atoms with Gasteiger partial charge in [0.1, 0.15) is 4.84 Å². The number of alkyl halides is 2. The van der Waals surface area contributed by atoms with Crippen LogP contribution in [-0.2, 0) is 6.54 Å². The van der Waals surface area contributed by atoms with Crippen LogP contribution < -0.4 is 5.32 Å². The Morgan fingerprint density at radius 2 is 1.88 bits per heavy atom. The van der Waals surface area contributed by atoms with E-state index in [-0.39, 0.29) is 12.1 Å². The summed E-state index contributed by atoms with van der Waals surface area (Å²) in [6.45, 7) is 2.45. The van der Waals surface area contributed by atoms with Crippen molar-refractivity contribution >= 4 is 34.9 Å². The molecule has 0 aliphatic carbocycles. The molecule has 130 valence electrons. The minimum absolute atomic E-state index is 0.303. The van der Waals surface area contributed by atoms with Gasteiger partial charge in [0.05, 0.1) is 11.8 Å². The second-order valence-corrected chi connectivity index (χ2v) is 7.17. The molecule has 25 heavy (non-hydrogen) atoms. The summed E-state index contributed by atoms with van der Waals surface area (Å²) in [6.07, 6.45) is 0.527. The molecule has 1 atom stereocenters. The third-order valence-corrected chi connectivity index (χ3v) is 4.70. The van der Waals surface area contributed by atoms with E-state index in [1.807, 2.05) is 61.5 Å². The fourth-order valence-electron chi connectivity index (χ4n) is 2.70. The van der Waals surface area contributed by atoms with Gasteiger partial charge >= 0.3 is 6.03 Å². The summed E-state index contributed by atoms with van der Waals surface area (Å²) in [6, 6.07) is 17.0. The number of hydrazone groups is 1. The number of nitrogens with zero attached hydrogens (tertiary/aromatic N) is 2. The molecule has 2 aromatic carbocycles. The summed E-state index contributed by atoms with van der Waals surface area (Å²) in [5.74, 6) is 0. The van der Waals surface area contributed by atoms with Gasteiger partial charge in [-0.2, -0.15) is 5.10 Å². The number of urea groups is 1. The van der Waals surface area contributed by atoms with E-state index in [9.17, 15) is 4.79 Å². The third kappa shape index (κ3) is 4.33. The molecule has 0 spiro atoms. The van der Waals surface area contributed by atoms with E-state index in [4.69, 9.17) is 23.2 Å². The number of rotatable bonds is 4. The SMILES string of the molecule is Cc1ccc(C2=NN(C(=O)NCc3ccccc3)C(C(Cl)Cl)C2)cc1. The summed E-state index contributed by atoms with van der Waals surface area (Å²) < 4.78 is 0. The van der Waals surface area contributed by atoms with Crippen LogP contribution in [0.15, 0.2) is 59.7 Å². The van der Waals surface area contributed by atoms with Gasteiger partial charge in [-0.05, 0) is 18.1 Å². The molecular formula is C19H19Cl2N3O. The average Bonchev–Trinajstić information content (AvgIpc) is 3.07. The monoisotopic (exact) mass is 375 g/mol. The van der Waals surface area contributed by atoms with E-state index >= 15 is 0 Å². The van der Waals surface area contributed by atoms with E-state index in [2.05, 4.69) is 10.4 Å². The van der Waals surface area contributed by atoms with Crippen LogP contribution in [0.5, 0.6) is 0 Å². The highest BCUT2D eigenvalue weighted by molar-refractivity contribution is 6.45. The van der Waals surface area contributed by atoms with Gasteiger partial charge in [-0.3, -0.25) is 0 Å². The zero-order valence-electron chi connectivity index (χ0n) is 13.8. The molecule has 0 saturated carbocycles. The lowest BCUT2D eigenvalue weighted by atomic mass is 10.0. The first-order chi connectivity index (χ1) is 12.0. The minimum Gasteiger partial charge on any atom is -0.332 e. The number of carbonyl (C=O) groups excluding carboxylic acids is 1. The largest absolute Gasteiger partial charge is 0.338 e. The van der Waals surface area contributed by atoms with Crippen molar-refractivity contribution in [1.82, 2.24) is 10.3 Å². The van der Waals surface area contributed by atoms with Crippen LogP contribution in [0.3, 0.4) is 0 Å². The maximum Gasteiger partial charge on any atom is 0.338 e. The lowest BCUT2D eigenvalue weighted by Gasteiger charge is -2.22. The predicted molar refractivity (Wildman–Crippen MR) is 102 cm³/mol. The Morgan fingerprint density at radius 1 is 1.20 bits per heavy atom. The van der Waals surface area contributed by atoms with E-state index in [1.165, 1.54) is 10.6 Å². The van der Waals surface area contributed by atoms with E-state index in [0.717, 1.165) is 16.8 Å². The average molecular weight is 376 g/mol. The normalized spacial score (nSPS) is 16.9. The van der Waals surface area contributed by atoms with Crippen LogP contribution >= 0.6 is 23.2 Å². The molecule has 1 unspecified atom stereocenters. The highest BCUT2D eigenvalue weighted by atomic mass is 35.5. The first-order valence-electron chi connectivity index (χ1n) is 8.08. The molecule has 1 N–H and O–H groups in total. The Morgan fingerprint density at radius 3 is 2.52 bits per heavy atom. The zero-order valence-corrected chi connectivity index (χ0v) is 15.3. The van der Waals surface area contributed by atoms with Crippen LogP contribution in [0.25, 0.3) is 0 Å².